The SMILES string of the molecule is O=C(N[C@]1(C(F)(F)F)N=C(c2ccccc2)N(C2CCCCC2)C1=O)C1CCCCC1. The number of amidine groups is 1. The summed E-state index contributed by atoms with van der Waals surface area (Å²) >= 11 is 0. The Morgan fingerprint density at radius 3 is 2.13 bits per heavy atom. The van der Waals surface area contributed by atoms with Crippen LogP contribution in [0.1, 0.15) is 69.8 Å². The first kappa shape index (κ1) is 21.8. The Hall–Kier alpha value is -2.38. The third-order valence-electron chi connectivity index (χ3n) is 6.69. The molecule has 0 saturated heterocycles. The average Bonchev–Trinajstić information content (AvgIpc) is 3.09. The predicted octanol–water partition coefficient (Wildman–Crippen LogP) is 4.56. The molecule has 2 aliphatic carbocycles. The lowest BCUT2D eigenvalue weighted by Gasteiger charge is -2.35. The van der Waals surface area contributed by atoms with E-state index in [1.165, 1.54) is 4.90 Å². The zero-order valence-electron chi connectivity index (χ0n) is 17.5. The van der Waals surface area contributed by atoms with E-state index in [0.717, 1.165) is 38.5 Å². The molecule has 2 saturated carbocycles. The Bertz CT molecular complexity index is 843. The van der Waals surface area contributed by atoms with E-state index < -0.39 is 29.6 Å². The van der Waals surface area contributed by atoms with Gasteiger partial charge in [-0.25, -0.2) is 4.99 Å². The second-order valence-corrected chi connectivity index (χ2v) is 8.80. The minimum atomic E-state index is -5.04. The van der Waals surface area contributed by atoms with Crippen molar-refractivity contribution in [2.45, 2.75) is 82.1 Å². The number of amides is 2. The number of nitrogens with zero attached hydrogens (tertiary/aromatic N) is 2. The third-order valence-corrected chi connectivity index (χ3v) is 6.69. The highest BCUT2D eigenvalue weighted by atomic mass is 19.4. The predicted molar refractivity (Wildman–Crippen MR) is 110 cm³/mol. The average molecular weight is 435 g/mol. The molecule has 0 bridgehead atoms. The number of rotatable bonds is 4. The second kappa shape index (κ2) is 8.63. The smallest absolute Gasteiger partial charge is 0.316 e. The molecule has 8 heteroatoms. The van der Waals surface area contributed by atoms with Crippen molar-refractivity contribution in [2.24, 2.45) is 10.9 Å². The van der Waals surface area contributed by atoms with E-state index in [1.807, 2.05) is 0 Å². The van der Waals surface area contributed by atoms with E-state index in [4.69, 9.17) is 0 Å². The highest BCUT2D eigenvalue weighted by Crippen LogP contribution is 2.41. The molecule has 168 valence electrons. The Morgan fingerprint density at radius 1 is 0.968 bits per heavy atom. The first-order valence-electron chi connectivity index (χ1n) is 11.2. The fourth-order valence-electron chi connectivity index (χ4n) is 4.98. The van der Waals surface area contributed by atoms with Gasteiger partial charge in [0.25, 0.3) is 5.91 Å². The van der Waals surface area contributed by atoms with Crippen LogP contribution >= 0.6 is 0 Å². The van der Waals surface area contributed by atoms with Gasteiger partial charge >= 0.3 is 11.8 Å². The summed E-state index contributed by atoms with van der Waals surface area (Å²) in [6.07, 6.45) is 2.56. The van der Waals surface area contributed by atoms with Crippen LogP contribution in [0.4, 0.5) is 13.2 Å². The van der Waals surface area contributed by atoms with Crippen molar-refractivity contribution in [3.05, 3.63) is 35.9 Å². The molecule has 0 spiro atoms. The molecule has 1 aromatic rings. The number of benzene rings is 1. The number of halogens is 3. The summed E-state index contributed by atoms with van der Waals surface area (Å²) in [4.78, 5) is 31.5. The van der Waals surface area contributed by atoms with Crippen molar-refractivity contribution in [3.8, 4) is 0 Å². The van der Waals surface area contributed by atoms with Gasteiger partial charge in [0.05, 0.1) is 0 Å². The van der Waals surface area contributed by atoms with Crippen LogP contribution in [0.15, 0.2) is 35.3 Å². The van der Waals surface area contributed by atoms with Crippen LogP contribution in [0.3, 0.4) is 0 Å². The van der Waals surface area contributed by atoms with Gasteiger partial charge < -0.3 is 5.32 Å². The largest absolute Gasteiger partial charge is 0.442 e. The van der Waals surface area contributed by atoms with Crippen molar-refractivity contribution in [1.29, 1.82) is 0 Å². The molecule has 1 aromatic carbocycles. The summed E-state index contributed by atoms with van der Waals surface area (Å²) in [7, 11) is 0. The third kappa shape index (κ3) is 4.08. The Labute approximate surface area is 180 Å². The summed E-state index contributed by atoms with van der Waals surface area (Å²) in [6.45, 7) is 0. The van der Waals surface area contributed by atoms with Crippen LogP contribution in [0.2, 0.25) is 0 Å². The van der Waals surface area contributed by atoms with Gasteiger partial charge in [0.2, 0.25) is 5.91 Å². The number of hydrogen-bond acceptors (Lipinski definition) is 3. The maximum Gasteiger partial charge on any atom is 0.442 e. The number of aliphatic imine (C=N–C) groups is 1. The van der Waals surface area contributed by atoms with E-state index in [0.29, 0.717) is 31.2 Å². The minimum Gasteiger partial charge on any atom is -0.316 e. The highest BCUT2D eigenvalue weighted by Gasteiger charge is 2.68. The summed E-state index contributed by atoms with van der Waals surface area (Å²) in [5.74, 6) is -2.43. The fraction of sp³-hybridized carbons (Fsp3) is 0.609. The van der Waals surface area contributed by atoms with Gasteiger partial charge in [-0.15, -0.1) is 0 Å². The molecule has 2 amide bonds. The number of hydrogen-bond donors (Lipinski definition) is 1. The molecule has 2 fully saturated rings. The Morgan fingerprint density at radius 2 is 1.55 bits per heavy atom. The molecule has 1 atom stereocenters. The van der Waals surface area contributed by atoms with Gasteiger partial charge in [0, 0.05) is 17.5 Å². The molecule has 1 heterocycles. The number of carbonyl (C=O) groups is 2. The zero-order chi connectivity index (χ0) is 22.1. The molecular weight excluding hydrogens is 407 g/mol. The molecule has 5 nitrogen and oxygen atoms in total. The standard InChI is InChI=1S/C23H28F3N3O2/c24-23(25,26)22(28-20(30)17-12-6-2-7-13-17)21(31)29(18-14-8-3-9-15-18)19(27-22)16-10-4-1-5-11-16/h1,4-5,10-11,17-18H,2-3,6-9,12-15H2,(H,28,30)/t22-/m1/s1. The summed E-state index contributed by atoms with van der Waals surface area (Å²) in [5, 5.41) is 2.08. The maximum atomic E-state index is 14.5. The summed E-state index contributed by atoms with van der Waals surface area (Å²) in [5.41, 5.74) is -2.82. The summed E-state index contributed by atoms with van der Waals surface area (Å²) < 4.78 is 43.4. The molecule has 3 aliphatic rings. The fourth-order valence-corrected chi connectivity index (χ4v) is 4.98. The van der Waals surface area contributed by atoms with Gasteiger partial charge in [-0.2, -0.15) is 13.2 Å². The molecule has 31 heavy (non-hydrogen) atoms. The van der Waals surface area contributed by atoms with Crippen molar-refractivity contribution in [2.75, 3.05) is 0 Å². The summed E-state index contributed by atoms with van der Waals surface area (Å²) in [6, 6.07) is 8.11. The van der Waals surface area contributed by atoms with Crippen LogP contribution in [0.5, 0.6) is 0 Å². The molecule has 4 rings (SSSR count). The van der Waals surface area contributed by atoms with Gasteiger partial charge in [0.15, 0.2) is 0 Å². The molecule has 0 aromatic heterocycles. The van der Waals surface area contributed by atoms with Crippen molar-refractivity contribution < 1.29 is 22.8 Å². The highest BCUT2D eigenvalue weighted by molar-refractivity contribution is 6.16. The van der Waals surface area contributed by atoms with E-state index in [-0.39, 0.29) is 11.9 Å². The monoisotopic (exact) mass is 435 g/mol. The molecule has 1 N–H and O–H groups in total. The molecule has 0 radical (unpaired) electrons. The van der Waals surface area contributed by atoms with Crippen LogP contribution < -0.4 is 5.32 Å². The van der Waals surface area contributed by atoms with Gasteiger partial charge in [-0.1, -0.05) is 68.9 Å². The lowest BCUT2D eigenvalue weighted by atomic mass is 9.88. The molecule has 1 aliphatic heterocycles. The topological polar surface area (TPSA) is 61.8 Å². The van der Waals surface area contributed by atoms with Gasteiger partial charge in [-0.05, 0) is 25.7 Å². The van der Waals surface area contributed by atoms with Crippen LogP contribution in [0, 0.1) is 5.92 Å². The van der Waals surface area contributed by atoms with Crippen LogP contribution in [-0.4, -0.2) is 40.4 Å². The van der Waals surface area contributed by atoms with Crippen molar-refractivity contribution in [1.82, 2.24) is 10.2 Å². The van der Waals surface area contributed by atoms with Crippen molar-refractivity contribution >= 4 is 17.6 Å². The number of carbonyl (C=O) groups excluding carboxylic acids is 2. The van der Waals surface area contributed by atoms with Crippen molar-refractivity contribution in [3.63, 3.8) is 0 Å². The van der Waals surface area contributed by atoms with E-state index >= 15 is 0 Å². The van der Waals surface area contributed by atoms with Crippen LogP contribution in [0.25, 0.3) is 0 Å². The molecule has 0 unspecified atom stereocenters. The van der Waals surface area contributed by atoms with Gasteiger partial charge in [-0.3, -0.25) is 14.5 Å². The quantitative estimate of drug-likeness (QED) is 0.754. The second-order valence-electron chi connectivity index (χ2n) is 8.80. The zero-order valence-corrected chi connectivity index (χ0v) is 17.5. The minimum absolute atomic E-state index is 0.00114. The lowest BCUT2D eigenvalue weighted by molar-refractivity contribution is -0.201. The van der Waals surface area contributed by atoms with E-state index in [2.05, 4.69) is 10.3 Å². The maximum absolute atomic E-state index is 14.5. The number of alkyl halides is 3. The van der Waals surface area contributed by atoms with E-state index in [1.54, 1.807) is 30.3 Å². The normalized spacial score (nSPS) is 26.1. The lowest BCUT2D eigenvalue weighted by Crippen LogP contribution is -2.65. The first-order chi connectivity index (χ1) is 14.8. The Kier molecular flexibility index (Phi) is 6.08. The first-order valence-corrected chi connectivity index (χ1v) is 11.2. The molecular formula is C23H28F3N3O2. The Balaban J connectivity index is 1.75. The van der Waals surface area contributed by atoms with Gasteiger partial charge in [0.1, 0.15) is 5.84 Å². The number of nitrogens with one attached hydrogen (secondary N) is 1. The van der Waals surface area contributed by atoms with Crippen LogP contribution in [-0.2, 0) is 9.59 Å². The van der Waals surface area contributed by atoms with E-state index in [9.17, 15) is 22.8 Å².